The Labute approximate surface area is 116 Å². The molecular formula is C15H26O4. The third kappa shape index (κ3) is 4.08. The molecule has 0 aliphatic heterocycles. The zero-order valence-electron chi connectivity index (χ0n) is 12.5. The van der Waals surface area contributed by atoms with Gasteiger partial charge >= 0.3 is 11.9 Å². The number of hydrogen-bond acceptors (Lipinski definition) is 4. The molecular weight excluding hydrogens is 244 g/mol. The molecule has 0 unspecified atom stereocenters. The summed E-state index contributed by atoms with van der Waals surface area (Å²) in [6, 6.07) is 0. The van der Waals surface area contributed by atoms with Crippen LogP contribution in [0.3, 0.4) is 0 Å². The van der Waals surface area contributed by atoms with Gasteiger partial charge in [-0.2, -0.15) is 0 Å². The Balaban J connectivity index is 5.50. The van der Waals surface area contributed by atoms with Crippen LogP contribution in [0.15, 0.2) is 12.7 Å². The monoisotopic (exact) mass is 270 g/mol. The van der Waals surface area contributed by atoms with Crippen LogP contribution in [-0.2, 0) is 19.1 Å². The second-order valence-corrected chi connectivity index (χ2v) is 4.59. The highest BCUT2D eigenvalue weighted by molar-refractivity contribution is 6.00. The number of carbonyl (C=O) groups excluding carboxylic acids is 2. The topological polar surface area (TPSA) is 52.6 Å². The highest BCUT2D eigenvalue weighted by atomic mass is 16.6. The number of rotatable bonds is 9. The maximum absolute atomic E-state index is 12.3. The molecule has 0 aliphatic carbocycles. The van der Waals surface area contributed by atoms with E-state index in [1.165, 1.54) is 0 Å². The first-order chi connectivity index (χ1) is 9.00. The Morgan fingerprint density at radius 3 is 1.95 bits per heavy atom. The van der Waals surface area contributed by atoms with Gasteiger partial charge in [-0.25, -0.2) is 0 Å². The molecule has 0 amide bonds. The molecule has 4 nitrogen and oxygen atoms in total. The maximum atomic E-state index is 12.3. The largest absolute Gasteiger partial charge is 0.465 e. The van der Waals surface area contributed by atoms with Gasteiger partial charge in [-0.05, 0) is 32.6 Å². The average Bonchev–Trinajstić information content (AvgIpc) is 2.36. The molecule has 0 aliphatic rings. The van der Waals surface area contributed by atoms with Crippen LogP contribution in [-0.4, -0.2) is 25.2 Å². The Bertz CT molecular complexity index is 291. The summed E-state index contributed by atoms with van der Waals surface area (Å²) in [5.41, 5.74) is -1.26. The molecule has 0 heterocycles. The third-order valence-electron chi connectivity index (χ3n) is 3.31. The standard InChI is InChI=1S/C15H26O4/c1-6-10-12(5)15(11-7-2,13(16)18-8-3)14(17)19-9-4/h7,12H,2,6,8-11H2,1,3-5H3/t12-/m1/s1. The highest BCUT2D eigenvalue weighted by Crippen LogP contribution is 2.38. The summed E-state index contributed by atoms with van der Waals surface area (Å²) in [7, 11) is 0. The van der Waals surface area contributed by atoms with Crippen LogP contribution in [0.1, 0.15) is 47.0 Å². The molecule has 19 heavy (non-hydrogen) atoms. The summed E-state index contributed by atoms with van der Waals surface area (Å²) in [5, 5.41) is 0. The lowest BCUT2D eigenvalue weighted by molar-refractivity contribution is -0.176. The van der Waals surface area contributed by atoms with Crippen LogP contribution in [0.25, 0.3) is 0 Å². The van der Waals surface area contributed by atoms with E-state index >= 15 is 0 Å². The molecule has 0 aromatic carbocycles. The minimum atomic E-state index is -1.26. The smallest absolute Gasteiger partial charge is 0.324 e. The van der Waals surface area contributed by atoms with Gasteiger partial charge in [0.1, 0.15) is 0 Å². The quantitative estimate of drug-likeness (QED) is 0.367. The van der Waals surface area contributed by atoms with E-state index in [1.54, 1.807) is 19.9 Å². The first-order valence-electron chi connectivity index (χ1n) is 6.96. The molecule has 0 aromatic heterocycles. The molecule has 0 aromatic rings. The molecule has 0 N–H and O–H groups in total. The first kappa shape index (κ1) is 17.7. The second kappa shape index (κ2) is 8.73. The Hall–Kier alpha value is -1.32. The number of allylic oxidation sites excluding steroid dienone is 1. The van der Waals surface area contributed by atoms with Crippen LogP contribution in [0.4, 0.5) is 0 Å². The second-order valence-electron chi connectivity index (χ2n) is 4.59. The van der Waals surface area contributed by atoms with E-state index in [4.69, 9.17) is 9.47 Å². The summed E-state index contributed by atoms with van der Waals surface area (Å²) >= 11 is 0. The van der Waals surface area contributed by atoms with Crippen LogP contribution < -0.4 is 0 Å². The normalized spacial score (nSPS) is 12.6. The summed E-state index contributed by atoms with van der Waals surface area (Å²) in [6.07, 6.45) is 3.47. The van der Waals surface area contributed by atoms with Crippen molar-refractivity contribution in [3.63, 3.8) is 0 Å². The van der Waals surface area contributed by atoms with Gasteiger partial charge in [-0.3, -0.25) is 9.59 Å². The van der Waals surface area contributed by atoms with Gasteiger partial charge in [-0.15, -0.1) is 6.58 Å². The van der Waals surface area contributed by atoms with Crippen molar-refractivity contribution in [1.82, 2.24) is 0 Å². The van der Waals surface area contributed by atoms with Crippen LogP contribution in [0.5, 0.6) is 0 Å². The number of esters is 2. The van der Waals surface area contributed by atoms with E-state index < -0.39 is 17.4 Å². The van der Waals surface area contributed by atoms with Crippen LogP contribution in [0, 0.1) is 11.3 Å². The predicted molar refractivity (Wildman–Crippen MR) is 74.6 cm³/mol. The van der Waals surface area contributed by atoms with Crippen molar-refractivity contribution in [3.05, 3.63) is 12.7 Å². The molecule has 0 saturated heterocycles. The molecule has 0 rings (SSSR count). The third-order valence-corrected chi connectivity index (χ3v) is 3.31. The summed E-state index contributed by atoms with van der Waals surface area (Å²) in [6.45, 7) is 11.5. The molecule has 0 saturated carbocycles. The zero-order chi connectivity index (χ0) is 14.9. The van der Waals surface area contributed by atoms with Crippen molar-refractivity contribution >= 4 is 11.9 Å². The predicted octanol–water partition coefficient (Wildman–Crippen LogP) is 3.11. The molecule has 0 bridgehead atoms. The number of carbonyl (C=O) groups is 2. The van der Waals surface area contributed by atoms with Gasteiger partial charge in [0, 0.05) is 0 Å². The Morgan fingerprint density at radius 2 is 1.63 bits per heavy atom. The molecule has 110 valence electrons. The van der Waals surface area contributed by atoms with E-state index in [0.717, 1.165) is 12.8 Å². The summed E-state index contributed by atoms with van der Waals surface area (Å²) < 4.78 is 10.2. The lowest BCUT2D eigenvalue weighted by atomic mass is 9.71. The van der Waals surface area contributed by atoms with Crippen molar-refractivity contribution in [2.45, 2.75) is 47.0 Å². The fourth-order valence-corrected chi connectivity index (χ4v) is 2.28. The van der Waals surface area contributed by atoms with Crippen molar-refractivity contribution in [2.75, 3.05) is 13.2 Å². The van der Waals surface area contributed by atoms with E-state index in [2.05, 4.69) is 6.58 Å². The van der Waals surface area contributed by atoms with Crippen molar-refractivity contribution in [2.24, 2.45) is 11.3 Å². The van der Waals surface area contributed by atoms with Gasteiger partial charge in [0.25, 0.3) is 0 Å². The van der Waals surface area contributed by atoms with E-state index in [-0.39, 0.29) is 25.6 Å². The molecule has 1 atom stereocenters. The van der Waals surface area contributed by atoms with Gasteiger partial charge < -0.3 is 9.47 Å². The molecule has 0 fully saturated rings. The maximum Gasteiger partial charge on any atom is 0.324 e. The van der Waals surface area contributed by atoms with Crippen LogP contribution in [0.2, 0.25) is 0 Å². The molecule has 0 radical (unpaired) electrons. The fraction of sp³-hybridized carbons (Fsp3) is 0.733. The molecule has 0 spiro atoms. The number of hydrogen-bond donors (Lipinski definition) is 0. The van der Waals surface area contributed by atoms with Gasteiger partial charge in [0.05, 0.1) is 13.2 Å². The van der Waals surface area contributed by atoms with Gasteiger partial charge in [-0.1, -0.05) is 26.3 Å². The Morgan fingerprint density at radius 1 is 1.16 bits per heavy atom. The van der Waals surface area contributed by atoms with E-state index in [9.17, 15) is 9.59 Å². The minimum Gasteiger partial charge on any atom is -0.465 e. The SMILES string of the molecule is C=CCC(C(=O)OCC)(C(=O)OCC)[C@H](C)CCC. The van der Waals surface area contributed by atoms with Gasteiger partial charge in [0.2, 0.25) is 0 Å². The summed E-state index contributed by atoms with van der Waals surface area (Å²) in [5.74, 6) is -1.16. The van der Waals surface area contributed by atoms with Crippen molar-refractivity contribution < 1.29 is 19.1 Å². The average molecular weight is 270 g/mol. The first-order valence-corrected chi connectivity index (χ1v) is 6.96. The van der Waals surface area contributed by atoms with Crippen molar-refractivity contribution in [1.29, 1.82) is 0 Å². The van der Waals surface area contributed by atoms with Gasteiger partial charge in [0.15, 0.2) is 5.41 Å². The lowest BCUT2D eigenvalue weighted by Crippen LogP contribution is -2.46. The summed E-state index contributed by atoms with van der Waals surface area (Å²) in [4.78, 5) is 24.6. The van der Waals surface area contributed by atoms with E-state index in [1.807, 2.05) is 13.8 Å². The van der Waals surface area contributed by atoms with Crippen LogP contribution >= 0.6 is 0 Å². The minimum absolute atomic E-state index is 0.145. The van der Waals surface area contributed by atoms with Crippen molar-refractivity contribution in [3.8, 4) is 0 Å². The van der Waals surface area contributed by atoms with E-state index in [0.29, 0.717) is 0 Å². The fourth-order valence-electron chi connectivity index (χ4n) is 2.28. The Kier molecular flexibility index (Phi) is 8.12. The molecule has 4 heteroatoms. The zero-order valence-corrected chi connectivity index (χ0v) is 12.5. The number of ether oxygens (including phenoxy) is 2. The highest BCUT2D eigenvalue weighted by Gasteiger charge is 2.51. The lowest BCUT2D eigenvalue weighted by Gasteiger charge is -2.33.